The number of alkyl halides is 3. The number of benzene rings is 2. The highest BCUT2D eigenvalue weighted by Gasteiger charge is 2.32. The SMILES string of the molecule is Cc1cccn2c(=O)c(-c3ccc(F)c(-c4cc(C(F)(F)F)ccc4F)c3)c([O-])[n+](Cc3cnc(Cl)s3)c12. The lowest BCUT2D eigenvalue weighted by atomic mass is 9.97. The zero-order valence-electron chi connectivity index (χ0n) is 19.3. The topological polar surface area (TPSA) is 61.3 Å². The Morgan fingerprint density at radius 3 is 2.42 bits per heavy atom. The van der Waals surface area contributed by atoms with E-state index in [0.717, 1.165) is 29.5 Å². The van der Waals surface area contributed by atoms with Gasteiger partial charge in [-0.1, -0.05) is 17.7 Å². The Kier molecular flexibility index (Phi) is 6.44. The van der Waals surface area contributed by atoms with E-state index in [1.165, 1.54) is 21.4 Å². The van der Waals surface area contributed by atoms with Crippen molar-refractivity contribution in [2.24, 2.45) is 0 Å². The van der Waals surface area contributed by atoms with E-state index >= 15 is 0 Å². The lowest BCUT2D eigenvalue weighted by Crippen LogP contribution is -2.44. The quantitative estimate of drug-likeness (QED) is 0.206. The molecule has 0 spiro atoms. The van der Waals surface area contributed by atoms with Crippen molar-refractivity contribution in [3.05, 3.63) is 103 Å². The Balaban J connectivity index is 1.77. The van der Waals surface area contributed by atoms with E-state index in [2.05, 4.69) is 4.98 Å². The van der Waals surface area contributed by atoms with Crippen LogP contribution in [0.4, 0.5) is 22.0 Å². The first-order valence-electron chi connectivity index (χ1n) is 11.0. The zero-order valence-corrected chi connectivity index (χ0v) is 20.9. The van der Waals surface area contributed by atoms with E-state index in [1.54, 1.807) is 19.1 Å². The first-order chi connectivity index (χ1) is 18.0. The third-order valence-corrected chi connectivity index (χ3v) is 7.09. The Morgan fingerprint density at radius 2 is 1.76 bits per heavy atom. The number of nitrogens with zero attached hydrogens (tertiary/aromatic N) is 3. The molecule has 5 nitrogen and oxygen atoms in total. The maximum atomic E-state index is 14.8. The van der Waals surface area contributed by atoms with Gasteiger partial charge in [-0.25, -0.2) is 23.1 Å². The lowest BCUT2D eigenvalue weighted by molar-refractivity contribution is -0.707. The standard InChI is InChI=1S/C26H15ClF5N3O2S/c1-13-3-2-8-34-22(13)35(12-16-11-33-25(27)38-16)24(37)21(23(34)36)14-4-6-19(28)17(9-14)18-10-15(26(30,31)32)5-7-20(18)29/h2-11H,12H2,1H3. The number of hydrogen-bond donors (Lipinski definition) is 0. The minimum Gasteiger partial charge on any atom is -0.842 e. The number of rotatable bonds is 4. The van der Waals surface area contributed by atoms with Gasteiger partial charge in [-0.3, -0.25) is 0 Å². The smallest absolute Gasteiger partial charge is 0.416 e. The van der Waals surface area contributed by atoms with Gasteiger partial charge in [0.15, 0.2) is 4.47 Å². The Labute approximate surface area is 220 Å². The van der Waals surface area contributed by atoms with Crippen LogP contribution in [0.25, 0.3) is 27.9 Å². The average Bonchev–Trinajstić information content (AvgIpc) is 3.27. The molecule has 0 fully saturated rings. The van der Waals surface area contributed by atoms with E-state index in [0.29, 0.717) is 34.3 Å². The molecule has 0 N–H and O–H groups in total. The summed E-state index contributed by atoms with van der Waals surface area (Å²) >= 11 is 7.08. The molecule has 0 atom stereocenters. The second-order valence-electron chi connectivity index (χ2n) is 8.42. The van der Waals surface area contributed by atoms with Gasteiger partial charge >= 0.3 is 11.7 Å². The zero-order chi connectivity index (χ0) is 27.4. The Hall–Kier alpha value is -3.83. The maximum Gasteiger partial charge on any atom is 0.416 e. The molecule has 0 unspecified atom stereocenters. The molecule has 38 heavy (non-hydrogen) atoms. The van der Waals surface area contributed by atoms with Crippen LogP contribution in [0.2, 0.25) is 4.47 Å². The number of fused-ring (bicyclic) bond motifs is 1. The molecule has 194 valence electrons. The maximum absolute atomic E-state index is 14.8. The van der Waals surface area contributed by atoms with E-state index in [9.17, 15) is 31.9 Å². The molecule has 0 saturated heterocycles. The molecule has 0 aliphatic heterocycles. The van der Waals surface area contributed by atoms with Gasteiger partial charge in [0.25, 0.3) is 5.65 Å². The number of pyridine rings is 1. The fourth-order valence-corrected chi connectivity index (χ4v) is 5.23. The first-order valence-corrected chi connectivity index (χ1v) is 12.2. The summed E-state index contributed by atoms with van der Waals surface area (Å²) in [5.41, 5.74) is -2.61. The fraction of sp³-hybridized carbons (Fsp3) is 0.115. The summed E-state index contributed by atoms with van der Waals surface area (Å²) in [5.74, 6) is -2.85. The van der Waals surface area contributed by atoms with Crippen molar-refractivity contribution in [1.82, 2.24) is 9.38 Å². The highest BCUT2D eigenvalue weighted by molar-refractivity contribution is 7.15. The molecule has 0 aliphatic rings. The van der Waals surface area contributed by atoms with Crippen LogP contribution in [0.1, 0.15) is 16.0 Å². The summed E-state index contributed by atoms with van der Waals surface area (Å²) in [5, 5.41) is 13.7. The van der Waals surface area contributed by atoms with Crippen LogP contribution in [0.15, 0.2) is 65.7 Å². The summed E-state index contributed by atoms with van der Waals surface area (Å²) in [7, 11) is 0. The molecule has 2 aromatic carbocycles. The van der Waals surface area contributed by atoms with Gasteiger partial charge in [-0.15, -0.1) is 11.3 Å². The molecule has 5 aromatic rings. The van der Waals surface area contributed by atoms with Gasteiger partial charge in [0.2, 0.25) is 0 Å². The van der Waals surface area contributed by atoms with Crippen LogP contribution in [-0.4, -0.2) is 9.38 Å². The minimum atomic E-state index is -4.79. The van der Waals surface area contributed by atoms with Crippen molar-refractivity contribution < 1.29 is 31.6 Å². The molecular formula is C26H15ClF5N3O2S. The van der Waals surface area contributed by atoms with Gasteiger partial charge < -0.3 is 5.11 Å². The second-order valence-corrected chi connectivity index (χ2v) is 10.1. The van der Waals surface area contributed by atoms with Crippen molar-refractivity contribution in [3.63, 3.8) is 0 Å². The predicted octanol–water partition coefficient (Wildman–Crippen LogP) is 5.76. The van der Waals surface area contributed by atoms with Crippen LogP contribution >= 0.6 is 22.9 Å². The number of aromatic nitrogens is 3. The van der Waals surface area contributed by atoms with Crippen molar-refractivity contribution in [2.45, 2.75) is 19.6 Å². The summed E-state index contributed by atoms with van der Waals surface area (Å²) in [4.78, 5) is 18.1. The van der Waals surface area contributed by atoms with E-state index in [1.807, 2.05) is 0 Å². The third-order valence-electron chi connectivity index (χ3n) is 5.99. The van der Waals surface area contributed by atoms with Crippen LogP contribution in [0.3, 0.4) is 0 Å². The Morgan fingerprint density at radius 1 is 1.08 bits per heavy atom. The monoisotopic (exact) mass is 563 g/mol. The van der Waals surface area contributed by atoms with Crippen LogP contribution < -0.4 is 15.2 Å². The predicted molar refractivity (Wildman–Crippen MR) is 130 cm³/mol. The largest absolute Gasteiger partial charge is 0.842 e. The van der Waals surface area contributed by atoms with E-state index < -0.39 is 45.9 Å². The number of hydrogen-bond acceptors (Lipinski definition) is 4. The van der Waals surface area contributed by atoms with Gasteiger partial charge in [-0.2, -0.15) is 17.6 Å². The van der Waals surface area contributed by atoms with Crippen molar-refractivity contribution in [3.8, 4) is 28.1 Å². The van der Waals surface area contributed by atoms with Crippen LogP contribution in [-0.2, 0) is 12.7 Å². The second kappa shape index (κ2) is 9.48. The summed E-state index contributed by atoms with van der Waals surface area (Å²) in [6.45, 7) is 1.73. The minimum absolute atomic E-state index is 0.0150. The van der Waals surface area contributed by atoms with E-state index in [-0.39, 0.29) is 22.1 Å². The number of halogens is 6. The van der Waals surface area contributed by atoms with Gasteiger partial charge in [0.1, 0.15) is 23.7 Å². The average molecular weight is 564 g/mol. The molecule has 0 bridgehead atoms. The first kappa shape index (κ1) is 25.8. The summed E-state index contributed by atoms with van der Waals surface area (Å²) < 4.78 is 72.0. The Bertz CT molecular complexity index is 1780. The molecule has 0 saturated carbocycles. The van der Waals surface area contributed by atoms with Gasteiger partial charge in [0, 0.05) is 22.9 Å². The van der Waals surface area contributed by atoms with Crippen LogP contribution in [0.5, 0.6) is 5.88 Å². The highest BCUT2D eigenvalue weighted by Crippen LogP contribution is 2.36. The van der Waals surface area contributed by atoms with Crippen molar-refractivity contribution in [1.29, 1.82) is 0 Å². The molecular weight excluding hydrogens is 549 g/mol. The molecule has 3 aromatic heterocycles. The molecule has 0 amide bonds. The highest BCUT2D eigenvalue weighted by atomic mass is 35.5. The van der Waals surface area contributed by atoms with Crippen molar-refractivity contribution in [2.75, 3.05) is 0 Å². The third kappa shape index (κ3) is 4.52. The summed E-state index contributed by atoms with van der Waals surface area (Å²) in [6.07, 6.45) is -1.84. The molecule has 5 rings (SSSR count). The fourth-order valence-electron chi connectivity index (χ4n) is 4.26. The molecule has 12 heteroatoms. The summed E-state index contributed by atoms with van der Waals surface area (Å²) in [6, 6.07) is 7.98. The molecule has 0 radical (unpaired) electrons. The van der Waals surface area contributed by atoms with Crippen LogP contribution in [0, 0.1) is 18.6 Å². The molecule has 0 aliphatic carbocycles. The molecule has 3 heterocycles. The lowest BCUT2D eigenvalue weighted by Gasteiger charge is -2.18. The number of thiazole rings is 1. The van der Waals surface area contributed by atoms with Gasteiger partial charge in [0.05, 0.1) is 22.5 Å². The number of aryl methyl sites for hydroxylation is 1. The van der Waals surface area contributed by atoms with Crippen molar-refractivity contribution >= 4 is 28.6 Å². The van der Waals surface area contributed by atoms with Gasteiger partial charge in [-0.05, 0) is 55.0 Å². The normalized spacial score (nSPS) is 11.9. The van der Waals surface area contributed by atoms with E-state index in [4.69, 9.17) is 11.6 Å².